The lowest BCUT2D eigenvalue weighted by Gasteiger charge is -2.38. The van der Waals surface area contributed by atoms with Crippen LogP contribution in [0, 0.1) is 5.92 Å². The van der Waals surface area contributed by atoms with Gasteiger partial charge in [0.05, 0.1) is 18.6 Å². The normalized spacial score (nSPS) is 22.2. The average Bonchev–Trinajstić information content (AvgIpc) is 2.50. The largest absolute Gasteiger partial charge is 0.383 e. The van der Waals surface area contributed by atoms with Crippen molar-refractivity contribution in [2.24, 2.45) is 5.92 Å². The van der Waals surface area contributed by atoms with Crippen LogP contribution in [0.15, 0.2) is 30.3 Å². The fraction of sp³-hybridized carbons (Fsp3) is 0.500. The van der Waals surface area contributed by atoms with Gasteiger partial charge in [0.25, 0.3) is 0 Å². The van der Waals surface area contributed by atoms with E-state index in [0.717, 1.165) is 5.56 Å². The zero-order chi connectivity index (χ0) is 15.2. The van der Waals surface area contributed by atoms with E-state index in [1.54, 1.807) is 19.1 Å². The van der Waals surface area contributed by atoms with Crippen LogP contribution >= 0.6 is 0 Å². The molecule has 1 fully saturated rings. The predicted molar refractivity (Wildman–Crippen MR) is 79.6 cm³/mol. The molecule has 2 amide bonds. The molecule has 1 aliphatic heterocycles. The number of benzene rings is 1. The number of carbonyl (C=O) groups is 2. The van der Waals surface area contributed by atoms with Gasteiger partial charge in [-0.2, -0.15) is 0 Å². The summed E-state index contributed by atoms with van der Waals surface area (Å²) in [6.45, 7) is 0.980. The van der Waals surface area contributed by atoms with Crippen molar-refractivity contribution in [1.82, 2.24) is 10.2 Å². The van der Waals surface area contributed by atoms with Crippen LogP contribution in [0.2, 0.25) is 0 Å². The van der Waals surface area contributed by atoms with Gasteiger partial charge >= 0.3 is 0 Å². The Kier molecular flexibility index (Phi) is 5.33. The monoisotopic (exact) mass is 290 g/mol. The molecule has 0 aromatic heterocycles. The van der Waals surface area contributed by atoms with Crippen LogP contribution in [0.3, 0.4) is 0 Å². The summed E-state index contributed by atoms with van der Waals surface area (Å²) < 4.78 is 4.95. The van der Waals surface area contributed by atoms with E-state index in [9.17, 15) is 9.59 Å². The van der Waals surface area contributed by atoms with Crippen molar-refractivity contribution in [1.29, 1.82) is 0 Å². The summed E-state index contributed by atoms with van der Waals surface area (Å²) in [5.74, 6) is -0.142. The minimum Gasteiger partial charge on any atom is -0.383 e. The van der Waals surface area contributed by atoms with Crippen LogP contribution in [0.1, 0.15) is 24.4 Å². The van der Waals surface area contributed by atoms with Crippen LogP contribution in [0.25, 0.3) is 0 Å². The first kappa shape index (κ1) is 15.5. The molecule has 2 atom stereocenters. The fourth-order valence-electron chi connectivity index (χ4n) is 2.83. The molecule has 21 heavy (non-hydrogen) atoms. The maximum Gasteiger partial charge on any atom is 0.225 e. The Labute approximate surface area is 125 Å². The number of likely N-dealkylation sites (tertiary alicyclic amines) is 1. The Morgan fingerprint density at radius 1 is 1.38 bits per heavy atom. The summed E-state index contributed by atoms with van der Waals surface area (Å²) in [7, 11) is 3.38. The minimum absolute atomic E-state index is 0.0137. The van der Waals surface area contributed by atoms with E-state index in [1.807, 2.05) is 30.3 Å². The van der Waals surface area contributed by atoms with Crippen molar-refractivity contribution >= 4 is 11.8 Å². The Morgan fingerprint density at radius 2 is 2.10 bits per heavy atom. The molecule has 0 spiro atoms. The lowest BCUT2D eigenvalue weighted by molar-refractivity contribution is -0.141. The maximum atomic E-state index is 12.4. The molecule has 1 aromatic rings. The Balaban J connectivity index is 2.17. The molecule has 0 saturated carbocycles. The number of hydrogen-bond acceptors (Lipinski definition) is 3. The van der Waals surface area contributed by atoms with E-state index in [4.69, 9.17) is 4.74 Å². The molecule has 2 rings (SSSR count). The number of piperidine rings is 1. The average molecular weight is 290 g/mol. The third kappa shape index (κ3) is 3.61. The van der Waals surface area contributed by atoms with Crippen LogP contribution in [0.5, 0.6) is 0 Å². The van der Waals surface area contributed by atoms with Crippen molar-refractivity contribution in [3.05, 3.63) is 35.9 Å². The number of amides is 2. The van der Waals surface area contributed by atoms with Crippen molar-refractivity contribution in [3.63, 3.8) is 0 Å². The summed E-state index contributed by atoms with van der Waals surface area (Å²) in [6, 6.07) is 9.53. The Bertz CT molecular complexity index is 490. The zero-order valence-electron chi connectivity index (χ0n) is 12.5. The van der Waals surface area contributed by atoms with Gasteiger partial charge < -0.3 is 15.0 Å². The van der Waals surface area contributed by atoms with Crippen molar-refractivity contribution in [2.45, 2.75) is 18.9 Å². The van der Waals surface area contributed by atoms with Crippen molar-refractivity contribution in [3.8, 4) is 0 Å². The van der Waals surface area contributed by atoms with Crippen LogP contribution in [-0.4, -0.2) is 44.0 Å². The fourth-order valence-corrected chi connectivity index (χ4v) is 2.83. The number of rotatable bonds is 5. The van der Waals surface area contributed by atoms with E-state index in [-0.39, 0.29) is 23.8 Å². The third-order valence-electron chi connectivity index (χ3n) is 3.94. The van der Waals surface area contributed by atoms with Crippen LogP contribution in [-0.2, 0) is 14.3 Å². The quantitative estimate of drug-likeness (QED) is 0.833. The van der Waals surface area contributed by atoms with Gasteiger partial charge in [-0.25, -0.2) is 0 Å². The minimum atomic E-state index is -0.216. The van der Waals surface area contributed by atoms with Gasteiger partial charge in [0.15, 0.2) is 0 Å². The molecule has 0 radical (unpaired) electrons. The second-order valence-corrected chi connectivity index (χ2v) is 5.29. The Morgan fingerprint density at radius 3 is 2.76 bits per heavy atom. The molecule has 0 unspecified atom stereocenters. The van der Waals surface area contributed by atoms with Gasteiger partial charge in [-0.3, -0.25) is 9.59 Å². The first-order chi connectivity index (χ1) is 10.1. The molecule has 1 saturated heterocycles. The van der Waals surface area contributed by atoms with Gasteiger partial charge in [-0.15, -0.1) is 0 Å². The smallest absolute Gasteiger partial charge is 0.225 e. The molecule has 1 aliphatic rings. The van der Waals surface area contributed by atoms with E-state index in [2.05, 4.69) is 5.32 Å². The molecule has 1 heterocycles. The number of carbonyl (C=O) groups excluding carboxylic acids is 2. The first-order valence-electron chi connectivity index (χ1n) is 7.22. The molecule has 1 N–H and O–H groups in total. The molecule has 0 aliphatic carbocycles. The highest BCUT2D eigenvalue weighted by Gasteiger charge is 2.38. The van der Waals surface area contributed by atoms with E-state index in [0.29, 0.717) is 26.0 Å². The number of hydrogen-bond donors (Lipinski definition) is 1. The van der Waals surface area contributed by atoms with E-state index >= 15 is 0 Å². The molecule has 5 heteroatoms. The summed E-state index contributed by atoms with van der Waals surface area (Å²) >= 11 is 0. The molecule has 0 bridgehead atoms. The van der Waals surface area contributed by atoms with Gasteiger partial charge in [-0.1, -0.05) is 30.3 Å². The standard InChI is InChI=1S/C16H22N2O3/c1-18-14(19)9-8-13(16(20)17-10-11-21-2)15(18)12-6-4-3-5-7-12/h3-7,13,15H,8-11H2,1-2H3,(H,17,20)/t13-,15-/m1/s1. The van der Waals surface area contributed by atoms with Crippen LogP contribution < -0.4 is 5.32 Å². The van der Waals surface area contributed by atoms with Gasteiger partial charge in [0, 0.05) is 27.1 Å². The SMILES string of the molecule is COCCNC(=O)[C@@H]1CCC(=O)N(C)[C@@H]1c1ccccc1. The molecule has 1 aromatic carbocycles. The van der Waals surface area contributed by atoms with Crippen LogP contribution in [0.4, 0.5) is 0 Å². The summed E-state index contributed by atoms with van der Waals surface area (Å²) in [5.41, 5.74) is 1.000. The maximum absolute atomic E-state index is 12.4. The second-order valence-electron chi connectivity index (χ2n) is 5.29. The number of nitrogens with zero attached hydrogens (tertiary/aromatic N) is 1. The predicted octanol–water partition coefficient (Wildman–Crippen LogP) is 1.36. The lowest BCUT2D eigenvalue weighted by atomic mass is 9.84. The lowest BCUT2D eigenvalue weighted by Crippen LogP contribution is -2.46. The Hall–Kier alpha value is -1.88. The summed E-state index contributed by atoms with van der Waals surface area (Å²) in [4.78, 5) is 26.1. The number of nitrogens with one attached hydrogen (secondary N) is 1. The van der Waals surface area contributed by atoms with Crippen molar-refractivity contribution in [2.75, 3.05) is 27.3 Å². The topological polar surface area (TPSA) is 58.6 Å². The second kappa shape index (κ2) is 7.22. The number of ether oxygens (including phenoxy) is 1. The van der Waals surface area contributed by atoms with Gasteiger partial charge in [0.2, 0.25) is 11.8 Å². The number of methoxy groups -OCH3 is 1. The van der Waals surface area contributed by atoms with Crippen molar-refractivity contribution < 1.29 is 14.3 Å². The molecule has 114 valence electrons. The highest BCUT2D eigenvalue weighted by atomic mass is 16.5. The van der Waals surface area contributed by atoms with E-state index < -0.39 is 0 Å². The first-order valence-corrected chi connectivity index (χ1v) is 7.22. The highest BCUT2D eigenvalue weighted by Crippen LogP contribution is 2.35. The molecular formula is C16H22N2O3. The molecule has 5 nitrogen and oxygen atoms in total. The van der Waals surface area contributed by atoms with E-state index in [1.165, 1.54) is 0 Å². The van der Waals surface area contributed by atoms with Gasteiger partial charge in [0.1, 0.15) is 0 Å². The van der Waals surface area contributed by atoms with Gasteiger partial charge in [-0.05, 0) is 12.0 Å². The third-order valence-corrected chi connectivity index (χ3v) is 3.94. The summed E-state index contributed by atoms with van der Waals surface area (Å²) in [6.07, 6.45) is 1.00. The summed E-state index contributed by atoms with van der Waals surface area (Å²) in [5, 5.41) is 2.89. The molecular weight excluding hydrogens is 268 g/mol. The highest BCUT2D eigenvalue weighted by molar-refractivity contribution is 5.84. The zero-order valence-corrected chi connectivity index (χ0v) is 12.5.